The van der Waals surface area contributed by atoms with Crippen molar-refractivity contribution in [1.82, 2.24) is 0 Å². The third-order valence-corrected chi connectivity index (χ3v) is 7.20. The quantitative estimate of drug-likeness (QED) is 0.734. The lowest BCUT2D eigenvalue weighted by Gasteiger charge is -2.52. The lowest BCUT2D eigenvalue weighted by atomic mass is 9.53. The summed E-state index contributed by atoms with van der Waals surface area (Å²) < 4.78 is 0. The molecule has 0 aromatic heterocycles. The molecule has 0 radical (unpaired) electrons. The maximum atomic E-state index is 11.8. The van der Waals surface area contributed by atoms with Gasteiger partial charge in [-0.05, 0) is 80.1 Å². The first-order valence-corrected chi connectivity index (χ1v) is 8.52. The van der Waals surface area contributed by atoms with Crippen LogP contribution in [0.1, 0.15) is 58.3 Å². The van der Waals surface area contributed by atoms with E-state index < -0.39 is 0 Å². The van der Waals surface area contributed by atoms with Crippen molar-refractivity contribution in [2.75, 3.05) is 0 Å². The Hall–Kier alpha value is -0.630. The van der Waals surface area contributed by atoms with Gasteiger partial charge in [0, 0.05) is 6.42 Å². The standard InChI is InChI=1S/C18H26O2/c1-18-9-8-13-14(16(18)6-7-17(18)20)5-3-11-2-4-12(19)10-15(11)13/h10-11,13-14,16-17,20H,2-9H2,1H3/t11-,13+,14+,16-,17-,18+/m1/s1. The van der Waals surface area contributed by atoms with E-state index in [4.69, 9.17) is 0 Å². The van der Waals surface area contributed by atoms with Crippen LogP contribution in [0, 0.1) is 29.1 Å². The molecule has 2 heteroatoms. The lowest BCUT2D eigenvalue weighted by Crippen LogP contribution is -2.46. The average molecular weight is 274 g/mol. The van der Waals surface area contributed by atoms with E-state index in [1.165, 1.54) is 31.3 Å². The first kappa shape index (κ1) is 13.1. The maximum absolute atomic E-state index is 11.8. The maximum Gasteiger partial charge on any atom is 0.155 e. The molecule has 0 aliphatic heterocycles. The van der Waals surface area contributed by atoms with Crippen LogP contribution in [0.3, 0.4) is 0 Å². The van der Waals surface area contributed by atoms with Crippen LogP contribution in [-0.2, 0) is 4.79 Å². The number of allylic oxidation sites excluding steroid dienone is 2. The first-order valence-electron chi connectivity index (χ1n) is 8.52. The Morgan fingerprint density at radius 2 is 2.00 bits per heavy atom. The van der Waals surface area contributed by atoms with Crippen LogP contribution in [0.15, 0.2) is 11.6 Å². The molecule has 2 nitrogen and oxygen atoms in total. The van der Waals surface area contributed by atoms with Crippen molar-refractivity contribution in [1.29, 1.82) is 0 Å². The normalized spacial score (nSPS) is 51.0. The minimum absolute atomic E-state index is 0.0897. The lowest BCUT2D eigenvalue weighted by molar-refractivity contribution is -0.115. The number of rotatable bonds is 0. The number of carbonyl (C=O) groups excluding carboxylic acids is 1. The molecule has 110 valence electrons. The van der Waals surface area contributed by atoms with E-state index in [1.54, 1.807) is 0 Å². The van der Waals surface area contributed by atoms with Crippen LogP contribution in [-0.4, -0.2) is 17.0 Å². The van der Waals surface area contributed by atoms with Crippen LogP contribution < -0.4 is 0 Å². The summed E-state index contributed by atoms with van der Waals surface area (Å²) in [6.07, 6.45) is 10.9. The summed E-state index contributed by atoms with van der Waals surface area (Å²) in [7, 11) is 0. The molecule has 6 atom stereocenters. The zero-order chi connectivity index (χ0) is 13.9. The molecule has 20 heavy (non-hydrogen) atoms. The van der Waals surface area contributed by atoms with Gasteiger partial charge in [-0.1, -0.05) is 12.5 Å². The van der Waals surface area contributed by atoms with Crippen molar-refractivity contribution < 1.29 is 9.90 Å². The minimum Gasteiger partial charge on any atom is -0.393 e. The summed E-state index contributed by atoms with van der Waals surface area (Å²) in [5, 5.41) is 10.4. The number of aliphatic hydroxyl groups is 1. The number of aliphatic hydroxyl groups excluding tert-OH is 1. The van der Waals surface area contributed by atoms with E-state index in [0.717, 1.165) is 31.6 Å². The molecule has 0 saturated heterocycles. The Labute approximate surface area is 121 Å². The highest BCUT2D eigenvalue weighted by Crippen LogP contribution is 2.61. The Morgan fingerprint density at radius 1 is 1.15 bits per heavy atom. The summed E-state index contributed by atoms with van der Waals surface area (Å²) in [4.78, 5) is 11.8. The highest BCUT2D eigenvalue weighted by atomic mass is 16.3. The van der Waals surface area contributed by atoms with Crippen molar-refractivity contribution in [2.24, 2.45) is 29.1 Å². The van der Waals surface area contributed by atoms with Crippen molar-refractivity contribution >= 4 is 5.78 Å². The van der Waals surface area contributed by atoms with Gasteiger partial charge in [0.15, 0.2) is 5.78 Å². The number of hydrogen-bond acceptors (Lipinski definition) is 2. The smallest absolute Gasteiger partial charge is 0.155 e. The number of ketones is 1. The second-order valence-corrected chi connectivity index (χ2v) is 7.94. The highest BCUT2D eigenvalue weighted by molar-refractivity contribution is 5.91. The van der Waals surface area contributed by atoms with E-state index >= 15 is 0 Å². The zero-order valence-corrected chi connectivity index (χ0v) is 12.5. The molecular formula is C18H26O2. The third kappa shape index (κ3) is 1.70. The monoisotopic (exact) mass is 274 g/mol. The third-order valence-electron chi connectivity index (χ3n) is 7.20. The topological polar surface area (TPSA) is 37.3 Å². The van der Waals surface area contributed by atoms with Gasteiger partial charge in [0.2, 0.25) is 0 Å². The summed E-state index contributed by atoms with van der Waals surface area (Å²) in [6, 6.07) is 0. The van der Waals surface area contributed by atoms with Crippen molar-refractivity contribution in [3.05, 3.63) is 11.6 Å². The van der Waals surface area contributed by atoms with E-state index in [-0.39, 0.29) is 11.5 Å². The van der Waals surface area contributed by atoms with Gasteiger partial charge in [0.1, 0.15) is 0 Å². The van der Waals surface area contributed by atoms with Gasteiger partial charge in [-0.15, -0.1) is 0 Å². The SMILES string of the molecule is C[C@]12CC[C@@H]3C4=CC(=O)CC[C@@H]4CC[C@@H]3[C@H]1CC[C@H]2O. The average Bonchev–Trinajstić information content (AvgIpc) is 2.74. The van der Waals surface area contributed by atoms with Gasteiger partial charge >= 0.3 is 0 Å². The van der Waals surface area contributed by atoms with Crippen LogP contribution >= 0.6 is 0 Å². The molecule has 0 amide bonds. The number of hydrogen-bond donors (Lipinski definition) is 1. The molecule has 0 aromatic rings. The number of carbonyl (C=O) groups is 1. The summed E-state index contributed by atoms with van der Waals surface area (Å²) in [6.45, 7) is 2.32. The van der Waals surface area contributed by atoms with E-state index in [2.05, 4.69) is 6.92 Å². The van der Waals surface area contributed by atoms with E-state index in [1.807, 2.05) is 6.08 Å². The van der Waals surface area contributed by atoms with Gasteiger partial charge in [-0.2, -0.15) is 0 Å². The Bertz CT molecular complexity index is 466. The van der Waals surface area contributed by atoms with Crippen LogP contribution in [0.25, 0.3) is 0 Å². The van der Waals surface area contributed by atoms with Gasteiger partial charge in [0.05, 0.1) is 6.10 Å². The van der Waals surface area contributed by atoms with Crippen LogP contribution in [0.2, 0.25) is 0 Å². The van der Waals surface area contributed by atoms with E-state index in [9.17, 15) is 9.90 Å². The molecule has 0 unspecified atom stereocenters. The molecular weight excluding hydrogens is 248 g/mol. The molecule has 0 heterocycles. The summed E-state index contributed by atoms with van der Waals surface area (Å²) in [5.41, 5.74) is 1.66. The fraction of sp³-hybridized carbons (Fsp3) is 0.833. The molecule has 0 bridgehead atoms. The Morgan fingerprint density at radius 3 is 2.85 bits per heavy atom. The first-order chi connectivity index (χ1) is 9.59. The second-order valence-electron chi connectivity index (χ2n) is 7.94. The largest absolute Gasteiger partial charge is 0.393 e. The molecule has 1 N–H and O–H groups in total. The van der Waals surface area contributed by atoms with Crippen LogP contribution in [0.5, 0.6) is 0 Å². The van der Waals surface area contributed by atoms with Crippen LogP contribution in [0.4, 0.5) is 0 Å². The fourth-order valence-electron chi connectivity index (χ4n) is 6.05. The molecule has 0 spiro atoms. The van der Waals surface area contributed by atoms with E-state index in [0.29, 0.717) is 23.5 Å². The molecule has 4 aliphatic carbocycles. The summed E-state index contributed by atoms with van der Waals surface area (Å²) in [5.74, 6) is 3.14. The Kier molecular flexibility index (Phi) is 2.89. The summed E-state index contributed by atoms with van der Waals surface area (Å²) >= 11 is 0. The minimum atomic E-state index is -0.0897. The van der Waals surface area contributed by atoms with Gasteiger partial charge in [-0.25, -0.2) is 0 Å². The zero-order valence-electron chi connectivity index (χ0n) is 12.5. The Balaban J connectivity index is 1.66. The van der Waals surface area contributed by atoms with Gasteiger partial charge < -0.3 is 5.11 Å². The van der Waals surface area contributed by atoms with Gasteiger partial charge in [-0.3, -0.25) is 4.79 Å². The van der Waals surface area contributed by atoms with Crippen molar-refractivity contribution in [2.45, 2.75) is 64.4 Å². The highest BCUT2D eigenvalue weighted by Gasteiger charge is 2.55. The second kappa shape index (κ2) is 4.43. The van der Waals surface area contributed by atoms with Gasteiger partial charge in [0.25, 0.3) is 0 Å². The molecule has 4 rings (SSSR count). The fourth-order valence-corrected chi connectivity index (χ4v) is 6.05. The molecule has 4 aliphatic rings. The number of fused-ring (bicyclic) bond motifs is 5. The molecule has 3 saturated carbocycles. The molecule has 3 fully saturated rings. The molecule has 0 aromatic carbocycles. The van der Waals surface area contributed by atoms with Crippen molar-refractivity contribution in [3.8, 4) is 0 Å². The predicted octanol–water partition coefficient (Wildman–Crippen LogP) is 3.49. The predicted molar refractivity (Wildman–Crippen MR) is 78.1 cm³/mol. The van der Waals surface area contributed by atoms with Crippen molar-refractivity contribution in [3.63, 3.8) is 0 Å².